The van der Waals surface area contributed by atoms with Gasteiger partial charge >= 0.3 is 0 Å². The van der Waals surface area contributed by atoms with Gasteiger partial charge in [-0.05, 0) is 66.7 Å². The van der Waals surface area contributed by atoms with Crippen LogP contribution < -0.4 is 21.3 Å². The Kier molecular flexibility index (Phi) is 4.62. The van der Waals surface area contributed by atoms with Gasteiger partial charge in [0, 0.05) is 17.1 Å². The van der Waals surface area contributed by atoms with Crippen LogP contribution in [0.3, 0.4) is 0 Å². The molecule has 0 bridgehead atoms. The first-order chi connectivity index (χ1) is 16.1. The monoisotopic (exact) mass is 423 g/mol. The van der Waals surface area contributed by atoms with Crippen LogP contribution in [0.5, 0.6) is 0 Å². The van der Waals surface area contributed by atoms with Gasteiger partial charge in [0.25, 0.3) is 0 Å². The van der Waals surface area contributed by atoms with Crippen LogP contribution in [0.15, 0.2) is 103 Å². The highest BCUT2D eigenvalue weighted by Crippen LogP contribution is 2.37. The van der Waals surface area contributed by atoms with Crippen LogP contribution in [0.4, 0.5) is 17.1 Å². The molecule has 0 unspecified atom stereocenters. The highest BCUT2D eigenvalue weighted by atomic mass is 15.1. The van der Waals surface area contributed by atoms with Crippen LogP contribution in [-0.2, 0) is 0 Å². The lowest BCUT2D eigenvalue weighted by molar-refractivity contribution is 1.29. The number of para-hydroxylation sites is 2. The van der Waals surface area contributed by atoms with E-state index in [0.29, 0.717) is 0 Å². The van der Waals surface area contributed by atoms with Gasteiger partial charge in [-0.1, -0.05) is 101 Å². The predicted octanol–water partition coefficient (Wildman–Crippen LogP) is 6.06. The first-order valence-electron chi connectivity index (χ1n) is 11.7. The summed E-state index contributed by atoms with van der Waals surface area (Å²) >= 11 is 0. The lowest BCUT2D eigenvalue weighted by atomic mass is 9.33. The number of nitrogens with zero attached hydrogens (tertiary/aromatic N) is 1. The second-order valence-corrected chi connectivity index (χ2v) is 9.23. The van der Waals surface area contributed by atoms with Gasteiger partial charge < -0.3 is 4.90 Å². The maximum Gasteiger partial charge on any atom is 0.247 e. The SMILES string of the molecule is Cc1cc(C)c(B2c3ccccc3N(c3ccccc3)c3cc4ccccc4cc32)c(C)c1. The molecular formula is C31H26BN. The van der Waals surface area contributed by atoms with Crippen molar-refractivity contribution in [2.24, 2.45) is 0 Å². The molecule has 0 saturated carbocycles. The zero-order valence-corrected chi connectivity index (χ0v) is 19.3. The second-order valence-electron chi connectivity index (χ2n) is 9.23. The molecule has 0 fully saturated rings. The molecule has 0 aliphatic carbocycles. The molecule has 0 spiro atoms. The third kappa shape index (κ3) is 3.17. The Balaban J connectivity index is 1.73. The van der Waals surface area contributed by atoms with E-state index >= 15 is 0 Å². The Morgan fingerprint density at radius 2 is 1.15 bits per heavy atom. The van der Waals surface area contributed by atoms with Crippen LogP contribution in [0.25, 0.3) is 10.8 Å². The predicted molar refractivity (Wildman–Crippen MR) is 144 cm³/mol. The van der Waals surface area contributed by atoms with E-state index in [1.807, 2.05) is 0 Å². The first kappa shape index (κ1) is 19.9. The molecule has 1 heterocycles. The maximum absolute atomic E-state index is 2.44. The third-order valence-electron chi connectivity index (χ3n) is 6.98. The van der Waals surface area contributed by atoms with Crippen molar-refractivity contribution < 1.29 is 0 Å². The van der Waals surface area contributed by atoms with Crippen molar-refractivity contribution in [3.05, 3.63) is 120 Å². The molecule has 0 radical (unpaired) electrons. The molecule has 0 amide bonds. The lowest BCUT2D eigenvalue weighted by Gasteiger charge is -2.38. The van der Waals surface area contributed by atoms with Crippen molar-refractivity contribution >= 4 is 50.9 Å². The van der Waals surface area contributed by atoms with Crippen molar-refractivity contribution in [1.29, 1.82) is 0 Å². The highest BCUT2D eigenvalue weighted by Gasteiger charge is 2.36. The van der Waals surface area contributed by atoms with E-state index in [4.69, 9.17) is 0 Å². The van der Waals surface area contributed by atoms with E-state index in [0.717, 1.165) is 0 Å². The van der Waals surface area contributed by atoms with Gasteiger partial charge in [0.15, 0.2) is 0 Å². The number of hydrogen-bond donors (Lipinski definition) is 0. The molecule has 1 nitrogen and oxygen atoms in total. The zero-order valence-electron chi connectivity index (χ0n) is 19.3. The van der Waals surface area contributed by atoms with Gasteiger partial charge in [-0.2, -0.15) is 0 Å². The number of hydrogen-bond acceptors (Lipinski definition) is 1. The molecule has 6 rings (SSSR count). The van der Waals surface area contributed by atoms with Gasteiger partial charge in [-0.3, -0.25) is 0 Å². The summed E-state index contributed by atoms with van der Waals surface area (Å²) in [4.78, 5) is 2.44. The molecule has 0 saturated heterocycles. The minimum Gasteiger partial charge on any atom is -0.312 e. The molecule has 0 atom stereocenters. The fraction of sp³-hybridized carbons (Fsp3) is 0.0968. The molecule has 2 heteroatoms. The summed E-state index contributed by atoms with van der Waals surface area (Å²) in [7, 11) is 0. The average molecular weight is 423 g/mol. The Bertz CT molecular complexity index is 1480. The molecule has 5 aromatic rings. The van der Waals surface area contributed by atoms with E-state index in [-0.39, 0.29) is 6.71 Å². The van der Waals surface area contributed by atoms with Crippen molar-refractivity contribution in [3.8, 4) is 0 Å². The largest absolute Gasteiger partial charge is 0.312 e. The standard InChI is InChI=1S/C31H26BN/c1-21-17-22(2)31(23(3)18-21)32-27-15-9-10-16-29(27)33(26-13-5-4-6-14-26)30-20-25-12-8-7-11-24(25)19-28(30)32/h4-20H,1-3H3. The smallest absolute Gasteiger partial charge is 0.247 e. The summed E-state index contributed by atoms with van der Waals surface area (Å²) < 4.78 is 0. The van der Waals surface area contributed by atoms with Crippen molar-refractivity contribution in [2.45, 2.75) is 20.8 Å². The van der Waals surface area contributed by atoms with Crippen molar-refractivity contribution in [2.75, 3.05) is 4.90 Å². The number of aryl methyl sites for hydroxylation is 3. The number of rotatable bonds is 2. The Labute approximate surface area is 196 Å². The van der Waals surface area contributed by atoms with E-state index in [1.54, 1.807) is 0 Å². The molecular weight excluding hydrogens is 397 g/mol. The van der Waals surface area contributed by atoms with Crippen LogP contribution in [-0.4, -0.2) is 6.71 Å². The molecule has 158 valence electrons. The van der Waals surface area contributed by atoms with E-state index < -0.39 is 0 Å². The van der Waals surface area contributed by atoms with Crippen molar-refractivity contribution in [1.82, 2.24) is 0 Å². The van der Waals surface area contributed by atoms with E-state index in [9.17, 15) is 0 Å². The average Bonchev–Trinajstić information content (AvgIpc) is 2.82. The van der Waals surface area contributed by atoms with Crippen molar-refractivity contribution in [3.63, 3.8) is 0 Å². The Hall–Kier alpha value is -3.78. The van der Waals surface area contributed by atoms with Crippen LogP contribution in [0, 0.1) is 20.8 Å². The second kappa shape index (κ2) is 7.67. The summed E-state index contributed by atoms with van der Waals surface area (Å²) in [5.74, 6) is 0. The van der Waals surface area contributed by atoms with Gasteiger partial charge in [-0.15, -0.1) is 0 Å². The van der Waals surface area contributed by atoms with Gasteiger partial charge in [0.05, 0.1) is 0 Å². The first-order valence-corrected chi connectivity index (χ1v) is 11.7. The minimum atomic E-state index is 0.196. The molecule has 5 aromatic carbocycles. The molecule has 0 aromatic heterocycles. The lowest BCUT2D eigenvalue weighted by Crippen LogP contribution is -2.58. The summed E-state index contributed by atoms with van der Waals surface area (Å²) in [5.41, 5.74) is 11.9. The molecule has 33 heavy (non-hydrogen) atoms. The van der Waals surface area contributed by atoms with Gasteiger partial charge in [0.1, 0.15) is 0 Å². The summed E-state index contributed by atoms with van der Waals surface area (Å²) in [6.07, 6.45) is 0. The minimum absolute atomic E-state index is 0.196. The fourth-order valence-electron chi connectivity index (χ4n) is 5.72. The fourth-order valence-corrected chi connectivity index (χ4v) is 5.72. The molecule has 1 aliphatic heterocycles. The van der Waals surface area contributed by atoms with Gasteiger partial charge in [0.2, 0.25) is 6.71 Å². The maximum atomic E-state index is 2.44. The topological polar surface area (TPSA) is 3.24 Å². The third-order valence-corrected chi connectivity index (χ3v) is 6.98. The summed E-state index contributed by atoms with van der Waals surface area (Å²) in [5, 5.41) is 2.56. The summed E-state index contributed by atoms with van der Waals surface area (Å²) in [6.45, 7) is 6.92. The van der Waals surface area contributed by atoms with Gasteiger partial charge in [-0.25, -0.2) is 0 Å². The molecule has 0 N–H and O–H groups in total. The van der Waals surface area contributed by atoms with E-state index in [2.05, 4.69) is 129 Å². The molecule has 1 aliphatic rings. The highest BCUT2D eigenvalue weighted by molar-refractivity contribution is 6.98. The Morgan fingerprint density at radius 3 is 1.88 bits per heavy atom. The van der Waals surface area contributed by atoms with E-state index in [1.165, 1.54) is 60.9 Å². The number of benzene rings is 5. The normalized spacial score (nSPS) is 12.6. The number of anilines is 3. The summed E-state index contributed by atoms with van der Waals surface area (Å²) in [6, 6.07) is 37.8. The Morgan fingerprint density at radius 1 is 0.545 bits per heavy atom. The number of fused-ring (bicyclic) bond motifs is 3. The van der Waals surface area contributed by atoms with Crippen LogP contribution in [0.1, 0.15) is 16.7 Å². The van der Waals surface area contributed by atoms with Crippen LogP contribution >= 0.6 is 0 Å². The van der Waals surface area contributed by atoms with Crippen LogP contribution in [0.2, 0.25) is 0 Å². The zero-order chi connectivity index (χ0) is 22.5. The quantitative estimate of drug-likeness (QED) is 0.306.